The van der Waals surface area contributed by atoms with Crippen molar-refractivity contribution in [2.75, 3.05) is 51.6 Å². The zero-order valence-corrected chi connectivity index (χ0v) is 21.1. The average Bonchev–Trinajstić information content (AvgIpc) is 2.81. The molecule has 1 aliphatic heterocycles. The third kappa shape index (κ3) is 6.48. The van der Waals surface area contributed by atoms with Crippen molar-refractivity contribution in [3.05, 3.63) is 57.3 Å². The molecular formula is C25H32Cl2N6O. The van der Waals surface area contributed by atoms with Gasteiger partial charge in [-0.05, 0) is 74.2 Å². The summed E-state index contributed by atoms with van der Waals surface area (Å²) in [6.07, 6.45) is 4.92. The van der Waals surface area contributed by atoms with Gasteiger partial charge in [0.05, 0.1) is 0 Å². The van der Waals surface area contributed by atoms with Crippen LogP contribution in [0.2, 0.25) is 10.3 Å². The van der Waals surface area contributed by atoms with Crippen molar-refractivity contribution < 1.29 is 4.79 Å². The molecule has 0 spiro atoms. The summed E-state index contributed by atoms with van der Waals surface area (Å²) >= 11 is 12.1. The lowest BCUT2D eigenvalue weighted by molar-refractivity contribution is 0.140. The Labute approximate surface area is 211 Å². The molecule has 1 aromatic heterocycles. The van der Waals surface area contributed by atoms with Crippen LogP contribution >= 0.6 is 23.2 Å². The van der Waals surface area contributed by atoms with E-state index in [1.54, 1.807) is 12.1 Å². The van der Waals surface area contributed by atoms with Crippen molar-refractivity contribution in [1.82, 2.24) is 19.7 Å². The lowest BCUT2D eigenvalue weighted by Crippen LogP contribution is -2.48. The number of amides is 2. The molecule has 2 heterocycles. The molecule has 0 radical (unpaired) electrons. The number of hydrogen-bond donors (Lipinski definition) is 2. The molecule has 34 heavy (non-hydrogen) atoms. The Kier molecular flexibility index (Phi) is 8.42. The Hall–Kier alpha value is -2.19. The van der Waals surface area contributed by atoms with Crippen molar-refractivity contribution in [2.45, 2.75) is 31.7 Å². The molecule has 0 saturated carbocycles. The SMILES string of the molecule is CN1CCN(CCCN(C(=O)Nc2cc(Cl)nc(Cl)c2)C2CCc3cc(C=N)ccc3C2)CC1. The largest absolute Gasteiger partial charge is 0.322 e. The predicted octanol–water partition coefficient (Wildman–Crippen LogP) is 4.41. The van der Waals surface area contributed by atoms with Gasteiger partial charge >= 0.3 is 6.03 Å². The molecule has 4 rings (SSSR count). The molecule has 2 aliphatic rings. The summed E-state index contributed by atoms with van der Waals surface area (Å²) in [4.78, 5) is 24.2. The molecule has 1 unspecified atom stereocenters. The highest BCUT2D eigenvalue weighted by Gasteiger charge is 2.28. The number of fused-ring (bicyclic) bond motifs is 1. The first-order valence-corrected chi connectivity index (χ1v) is 12.6. The van der Waals surface area contributed by atoms with E-state index in [2.05, 4.69) is 39.3 Å². The summed E-state index contributed by atoms with van der Waals surface area (Å²) in [5.74, 6) is 0. The second kappa shape index (κ2) is 11.5. The number of piperazine rings is 1. The first-order valence-electron chi connectivity index (χ1n) is 11.8. The minimum atomic E-state index is -0.138. The summed E-state index contributed by atoms with van der Waals surface area (Å²) in [5.41, 5.74) is 4.01. The third-order valence-corrected chi connectivity index (χ3v) is 7.17. The molecule has 2 aromatic rings. The van der Waals surface area contributed by atoms with E-state index in [4.69, 9.17) is 28.6 Å². The molecule has 1 fully saturated rings. The van der Waals surface area contributed by atoms with Gasteiger partial charge in [0.1, 0.15) is 10.3 Å². The first-order chi connectivity index (χ1) is 16.4. The number of aromatic nitrogens is 1. The van der Waals surface area contributed by atoms with Gasteiger partial charge in [-0.3, -0.25) is 0 Å². The van der Waals surface area contributed by atoms with E-state index in [0.717, 1.165) is 64.0 Å². The minimum absolute atomic E-state index is 0.110. The summed E-state index contributed by atoms with van der Waals surface area (Å²) in [6.45, 7) is 5.99. The Morgan fingerprint density at radius 3 is 2.62 bits per heavy atom. The van der Waals surface area contributed by atoms with E-state index in [1.165, 1.54) is 17.3 Å². The van der Waals surface area contributed by atoms with Gasteiger partial charge in [0.15, 0.2) is 0 Å². The van der Waals surface area contributed by atoms with Crippen molar-refractivity contribution in [3.8, 4) is 0 Å². The number of rotatable bonds is 7. The van der Waals surface area contributed by atoms with Crippen LogP contribution < -0.4 is 5.32 Å². The molecule has 1 saturated heterocycles. The van der Waals surface area contributed by atoms with Gasteiger partial charge < -0.3 is 25.4 Å². The number of anilines is 1. The predicted molar refractivity (Wildman–Crippen MR) is 139 cm³/mol. The van der Waals surface area contributed by atoms with Crippen LogP contribution in [0.1, 0.15) is 29.5 Å². The van der Waals surface area contributed by atoms with E-state index >= 15 is 0 Å². The third-order valence-electron chi connectivity index (χ3n) is 6.78. The van der Waals surface area contributed by atoms with Crippen LogP contribution in [0.25, 0.3) is 0 Å². The molecule has 2 amide bonds. The number of aryl methyl sites for hydroxylation is 1. The fourth-order valence-corrected chi connectivity index (χ4v) is 5.29. The fourth-order valence-electron chi connectivity index (χ4n) is 4.83. The van der Waals surface area contributed by atoms with Gasteiger partial charge in [-0.2, -0.15) is 0 Å². The molecule has 2 N–H and O–H groups in total. The molecule has 7 nitrogen and oxygen atoms in total. The van der Waals surface area contributed by atoms with E-state index in [-0.39, 0.29) is 22.4 Å². The highest BCUT2D eigenvalue weighted by Crippen LogP contribution is 2.27. The summed E-state index contributed by atoms with van der Waals surface area (Å²) < 4.78 is 0. The molecule has 1 aromatic carbocycles. The summed E-state index contributed by atoms with van der Waals surface area (Å²) in [5, 5.41) is 11.0. The topological polar surface area (TPSA) is 75.6 Å². The number of urea groups is 1. The van der Waals surface area contributed by atoms with Gasteiger partial charge in [0, 0.05) is 50.7 Å². The van der Waals surface area contributed by atoms with E-state index in [9.17, 15) is 4.79 Å². The second-order valence-corrected chi connectivity index (χ2v) is 9.97. The van der Waals surface area contributed by atoms with Crippen LogP contribution in [0, 0.1) is 5.41 Å². The van der Waals surface area contributed by atoms with Crippen LogP contribution in [0.15, 0.2) is 30.3 Å². The number of hydrogen-bond acceptors (Lipinski definition) is 5. The van der Waals surface area contributed by atoms with Crippen molar-refractivity contribution in [2.24, 2.45) is 0 Å². The number of halogens is 2. The monoisotopic (exact) mass is 502 g/mol. The Balaban J connectivity index is 1.46. The summed E-state index contributed by atoms with van der Waals surface area (Å²) in [6, 6.07) is 9.38. The van der Waals surface area contributed by atoms with Crippen molar-refractivity contribution in [3.63, 3.8) is 0 Å². The van der Waals surface area contributed by atoms with Gasteiger partial charge in [-0.25, -0.2) is 9.78 Å². The number of carbonyl (C=O) groups excluding carboxylic acids is 1. The van der Waals surface area contributed by atoms with Crippen LogP contribution in [-0.2, 0) is 12.8 Å². The van der Waals surface area contributed by atoms with Crippen molar-refractivity contribution in [1.29, 1.82) is 5.41 Å². The second-order valence-electron chi connectivity index (χ2n) is 9.19. The number of carbonyl (C=O) groups is 1. The quantitative estimate of drug-likeness (QED) is 0.434. The maximum absolute atomic E-state index is 13.4. The maximum Gasteiger partial charge on any atom is 0.322 e. The number of nitrogens with one attached hydrogen (secondary N) is 2. The lowest BCUT2D eigenvalue weighted by atomic mass is 9.86. The molecule has 1 aliphatic carbocycles. The Bertz CT molecular complexity index is 1000. The van der Waals surface area contributed by atoms with Gasteiger partial charge in [0.25, 0.3) is 0 Å². The average molecular weight is 503 g/mol. The van der Waals surface area contributed by atoms with Crippen LogP contribution in [0.3, 0.4) is 0 Å². The number of nitrogens with zero attached hydrogens (tertiary/aromatic N) is 4. The van der Waals surface area contributed by atoms with Crippen LogP contribution in [-0.4, -0.2) is 84.3 Å². The Morgan fingerprint density at radius 2 is 1.91 bits per heavy atom. The van der Waals surface area contributed by atoms with Gasteiger partial charge in [-0.15, -0.1) is 0 Å². The normalized spacial score (nSPS) is 18.9. The number of likely N-dealkylation sites (N-methyl/N-ethyl adjacent to an activating group) is 1. The minimum Gasteiger partial charge on any atom is -0.321 e. The highest BCUT2D eigenvalue weighted by atomic mass is 35.5. The Morgan fingerprint density at radius 1 is 1.18 bits per heavy atom. The smallest absolute Gasteiger partial charge is 0.321 e. The highest BCUT2D eigenvalue weighted by molar-refractivity contribution is 6.33. The summed E-state index contributed by atoms with van der Waals surface area (Å²) in [7, 11) is 2.16. The number of pyridine rings is 1. The molecule has 0 bridgehead atoms. The lowest BCUT2D eigenvalue weighted by Gasteiger charge is -2.37. The van der Waals surface area contributed by atoms with Crippen molar-refractivity contribution >= 4 is 41.1 Å². The van der Waals surface area contributed by atoms with Gasteiger partial charge in [-0.1, -0.05) is 35.3 Å². The van der Waals surface area contributed by atoms with Crippen LogP contribution in [0.4, 0.5) is 10.5 Å². The standard InChI is InChI=1S/C25H32Cl2N6O/c1-31-9-11-32(12-10-31)7-2-8-33(25(34)29-21-15-23(26)30-24(27)16-21)22-6-5-19-13-18(17-28)3-4-20(19)14-22/h3-4,13,15-17,22,28H,2,5-12,14H2,1H3,(H,29,30,34). The van der Waals surface area contributed by atoms with E-state index in [0.29, 0.717) is 12.2 Å². The maximum atomic E-state index is 13.4. The molecule has 9 heteroatoms. The molecule has 182 valence electrons. The zero-order chi connectivity index (χ0) is 24.1. The van der Waals surface area contributed by atoms with E-state index < -0.39 is 0 Å². The van der Waals surface area contributed by atoms with Crippen LogP contribution in [0.5, 0.6) is 0 Å². The van der Waals surface area contributed by atoms with E-state index in [1.807, 2.05) is 11.0 Å². The molecular weight excluding hydrogens is 471 g/mol. The zero-order valence-electron chi connectivity index (χ0n) is 19.6. The molecule has 1 atom stereocenters. The van der Waals surface area contributed by atoms with Gasteiger partial charge in [0.2, 0.25) is 0 Å². The number of benzene rings is 1. The fraction of sp³-hybridized carbons (Fsp3) is 0.480. The first kappa shape index (κ1) is 24.9.